The fraction of sp³-hybridized carbons (Fsp3) is 0.208. The number of fused-ring (bicyclic) bond motifs is 5. The number of hydrogen-bond acceptors (Lipinski definition) is 4. The van der Waals surface area contributed by atoms with E-state index in [1.807, 2.05) is 12.1 Å². The minimum atomic E-state index is 0.720. The highest BCUT2D eigenvalue weighted by molar-refractivity contribution is 6.09. The zero-order valence-corrected chi connectivity index (χ0v) is 16.1. The van der Waals surface area contributed by atoms with Crippen LogP contribution in [-0.2, 0) is 13.0 Å². The van der Waals surface area contributed by atoms with Gasteiger partial charge in [-0.2, -0.15) is 0 Å². The van der Waals surface area contributed by atoms with Crippen molar-refractivity contribution in [2.24, 2.45) is 0 Å². The number of rotatable bonds is 3. The van der Waals surface area contributed by atoms with Crippen LogP contribution >= 0.6 is 0 Å². The van der Waals surface area contributed by atoms with Gasteiger partial charge in [0.05, 0.1) is 25.4 Å². The van der Waals surface area contributed by atoms with Gasteiger partial charge in [-0.1, -0.05) is 30.3 Å². The lowest BCUT2D eigenvalue weighted by Gasteiger charge is -2.23. The molecule has 0 atom stereocenters. The third-order valence-corrected chi connectivity index (χ3v) is 5.60. The van der Waals surface area contributed by atoms with E-state index in [1.165, 1.54) is 27.3 Å². The first kappa shape index (κ1) is 17.0. The molecule has 4 heteroatoms. The molecule has 3 aromatic carbocycles. The molecule has 0 unspecified atom stereocenters. The Morgan fingerprint density at radius 1 is 0.893 bits per heavy atom. The van der Waals surface area contributed by atoms with Gasteiger partial charge in [0.1, 0.15) is 0 Å². The number of methoxy groups -OCH3 is 2. The van der Waals surface area contributed by atoms with Gasteiger partial charge >= 0.3 is 0 Å². The van der Waals surface area contributed by atoms with Gasteiger partial charge in [0, 0.05) is 17.5 Å². The van der Waals surface area contributed by atoms with Crippen LogP contribution in [0.4, 0.5) is 0 Å². The van der Waals surface area contributed by atoms with E-state index in [1.54, 1.807) is 14.2 Å². The first-order chi connectivity index (χ1) is 13.8. The van der Waals surface area contributed by atoms with Crippen molar-refractivity contribution in [3.8, 4) is 22.8 Å². The lowest BCUT2D eigenvalue weighted by molar-refractivity contribution is 0.355. The molecule has 1 aliphatic heterocycles. The third kappa shape index (κ3) is 2.60. The summed E-state index contributed by atoms with van der Waals surface area (Å²) in [4.78, 5) is 5.10. The van der Waals surface area contributed by atoms with Crippen LogP contribution < -0.4 is 14.8 Å². The van der Waals surface area contributed by atoms with Gasteiger partial charge in [-0.25, -0.2) is 4.98 Å². The largest absolute Gasteiger partial charge is 0.493 e. The number of benzene rings is 3. The lowest BCUT2D eigenvalue weighted by atomic mass is 9.90. The second-order valence-electron chi connectivity index (χ2n) is 7.09. The average molecular weight is 370 g/mol. The fourth-order valence-corrected chi connectivity index (χ4v) is 4.27. The van der Waals surface area contributed by atoms with Crippen LogP contribution in [0.5, 0.6) is 11.5 Å². The van der Waals surface area contributed by atoms with Crippen LogP contribution in [0.1, 0.15) is 11.1 Å². The van der Waals surface area contributed by atoms with Crippen LogP contribution in [0.2, 0.25) is 0 Å². The van der Waals surface area contributed by atoms with Crippen LogP contribution in [0, 0.1) is 0 Å². The molecule has 0 bridgehead atoms. The number of nitrogens with zero attached hydrogens (tertiary/aromatic N) is 1. The van der Waals surface area contributed by atoms with Crippen molar-refractivity contribution >= 4 is 21.7 Å². The summed E-state index contributed by atoms with van der Waals surface area (Å²) in [6.07, 6.45) is 1.00. The summed E-state index contributed by atoms with van der Waals surface area (Å²) in [5.74, 6) is 1.45. The Morgan fingerprint density at radius 3 is 2.61 bits per heavy atom. The summed E-state index contributed by atoms with van der Waals surface area (Å²) in [6, 6.07) is 18.9. The molecule has 5 rings (SSSR count). The zero-order valence-electron chi connectivity index (χ0n) is 16.1. The molecule has 0 radical (unpaired) electrons. The standard InChI is InChI=1S/C24H22N2O2/c1-27-21-10-8-16(13-22(21)28-2)24-19-14-25-12-11-18(19)23-17-6-4-3-5-15(17)7-9-20(23)26-24/h3-10,13,25H,11-12,14H2,1-2H3. The highest BCUT2D eigenvalue weighted by Gasteiger charge is 2.21. The van der Waals surface area contributed by atoms with Gasteiger partial charge in [0.15, 0.2) is 11.5 Å². The topological polar surface area (TPSA) is 43.4 Å². The Labute approximate surface area is 164 Å². The second-order valence-corrected chi connectivity index (χ2v) is 7.09. The number of ether oxygens (including phenoxy) is 2. The molecule has 4 nitrogen and oxygen atoms in total. The molecule has 1 N–H and O–H groups in total. The maximum atomic E-state index is 5.52. The lowest BCUT2D eigenvalue weighted by Crippen LogP contribution is -2.25. The average Bonchev–Trinajstić information content (AvgIpc) is 2.77. The summed E-state index contributed by atoms with van der Waals surface area (Å²) < 4.78 is 10.9. The van der Waals surface area contributed by atoms with Crippen molar-refractivity contribution in [3.05, 3.63) is 65.7 Å². The predicted octanol–water partition coefficient (Wildman–Crippen LogP) is 4.72. The van der Waals surface area contributed by atoms with Gasteiger partial charge in [0.25, 0.3) is 0 Å². The van der Waals surface area contributed by atoms with E-state index in [0.717, 1.165) is 47.8 Å². The maximum Gasteiger partial charge on any atom is 0.161 e. The SMILES string of the molecule is COc1ccc(-c2nc3ccc4ccccc4c3c3c2CNCC3)cc1OC. The Kier molecular flexibility index (Phi) is 4.14. The predicted molar refractivity (Wildman–Crippen MR) is 113 cm³/mol. The molecule has 2 heterocycles. The van der Waals surface area contributed by atoms with Gasteiger partial charge in [0.2, 0.25) is 0 Å². The maximum absolute atomic E-state index is 5.52. The molecule has 0 aliphatic carbocycles. The molecular weight excluding hydrogens is 348 g/mol. The molecule has 0 saturated heterocycles. The Balaban J connectivity index is 1.82. The van der Waals surface area contributed by atoms with E-state index < -0.39 is 0 Å². The van der Waals surface area contributed by atoms with Crippen molar-refractivity contribution < 1.29 is 9.47 Å². The van der Waals surface area contributed by atoms with Crippen LogP contribution in [0.3, 0.4) is 0 Å². The Morgan fingerprint density at radius 2 is 1.75 bits per heavy atom. The molecule has 1 aliphatic rings. The van der Waals surface area contributed by atoms with Crippen LogP contribution in [0.25, 0.3) is 32.9 Å². The summed E-state index contributed by atoms with van der Waals surface area (Å²) in [5.41, 5.74) is 5.80. The molecule has 28 heavy (non-hydrogen) atoms. The highest BCUT2D eigenvalue weighted by Crippen LogP contribution is 2.38. The number of nitrogens with one attached hydrogen (secondary N) is 1. The molecule has 0 saturated carbocycles. The summed E-state index contributed by atoms with van der Waals surface area (Å²) >= 11 is 0. The number of hydrogen-bond donors (Lipinski definition) is 1. The quantitative estimate of drug-likeness (QED) is 0.530. The summed E-state index contributed by atoms with van der Waals surface area (Å²) in [5, 5.41) is 7.35. The normalized spacial score (nSPS) is 13.5. The molecule has 0 spiro atoms. The third-order valence-electron chi connectivity index (χ3n) is 5.60. The molecule has 0 fully saturated rings. The van der Waals surface area contributed by atoms with Crippen LogP contribution in [0.15, 0.2) is 54.6 Å². The first-order valence-corrected chi connectivity index (χ1v) is 9.56. The Hall–Kier alpha value is -3.11. The number of pyridine rings is 1. The molecule has 4 aromatic rings. The van der Waals surface area contributed by atoms with Gasteiger partial charge in [-0.3, -0.25) is 0 Å². The molecule has 1 aromatic heterocycles. The van der Waals surface area contributed by atoms with Crippen molar-refractivity contribution in [2.75, 3.05) is 20.8 Å². The van der Waals surface area contributed by atoms with Crippen molar-refractivity contribution in [2.45, 2.75) is 13.0 Å². The molecular formula is C24H22N2O2. The summed E-state index contributed by atoms with van der Waals surface area (Å²) in [6.45, 7) is 1.81. The van der Waals surface area contributed by atoms with Crippen molar-refractivity contribution in [1.82, 2.24) is 10.3 Å². The van der Waals surface area contributed by atoms with E-state index >= 15 is 0 Å². The second kappa shape index (κ2) is 6.80. The van der Waals surface area contributed by atoms with Crippen LogP contribution in [-0.4, -0.2) is 25.7 Å². The van der Waals surface area contributed by atoms with Gasteiger partial charge in [-0.15, -0.1) is 0 Å². The first-order valence-electron chi connectivity index (χ1n) is 9.56. The minimum Gasteiger partial charge on any atom is -0.493 e. The van der Waals surface area contributed by atoms with Gasteiger partial charge < -0.3 is 14.8 Å². The minimum absolute atomic E-state index is 0.720. The molecule has 0 amide bonds. The number of aromatic nitrogens is 1. The van der Waals surface area contributed by atoms with Gasteiger partial charge in [-0.05, 0) is 59.1 Å². The van der Waals surface area contributed by atoms with Crippen molar-refractivity contribution in [1.29, 1.82) is 0 Å². The highest BCUT2D eigenvalue weighted by atomic mass is 16.5. The fourth-order valence-electron chi connectivity index (χ4n) is 4.27. The van der Waals surface area contributed by atoms with E-state index in [9.17, 15) is 0 Å². The van der Waals surface area contributed by atoms with E-state index in [2.05, 4.69) is 47.8 Å². The Bertz CT molecular complexity index is 1200. The smallest absolute Gasteiger partial charge is 0.161 e. The molecule has 140 valence electrons. The summed E-state index contributed by atoms with van der Waals surface area (Å²) in [7, 11) is 3.32. The van der Waals surface area contributed by atoms with E-state index in [-0.39, 0.29) is 0 Å². The monoisotopic (exact) mass is 370 g/mol. The van der Waals surface area contributed by atoms with E-state index in [4.69, 9.17) is 14.5 Å². The van der Waals surface area contributed by atoms with Crippen molar-refractivity contribution in [3.63, 3.8) is 0 Å². The van der Waals surface area contributed by atoms with E-state index in [0.29, 0.717) is 0 Å². The zero-order chi connectivity index (χ0) is 19.1.